The van der Waals surface area contributed by atoms with Crippen molar-refractivity contribution < 1.29 is 5.11 Å². The number of benzene rings is 1. The number of hydrogen-bond acceptors (Lipinski definition) is 4. The minimum Gasteiger partial charge on any atom is -0.507 e. The lowest BCUT2D eigenvalue weighted by Crippen LogP contribution is -2.61. The van der Waals surface area contributed by atoms with Gasteiger partial charge in [-0.1, -0.05) is 18.2 Å². The molecule has 1 aromatic carbocycles. The third-order valence-corrected chi connectivity index (χ3v) is 4.70. The number of fused-ring (bicyclic) bond motifs is 1. The SMILES string of the molecule is Cc1cccc(CN2CCN3CCN(C)C[C@@H]3C2)c1O. The number of phenolic OH excluding ortho intramolecular Hbond substituents is 1. The van der Waals surface area contributed by atoms with E-state index in [4.69, 9.17) is 0 Å². The summed E-state index contributed by atoms with van der Waals surface area (Å²) in [6.07, 6.45) is 0. The molecule has 0 aliphatic carbocycles. The number of likely N-dealkylation sites (N-methyl/N-ethyl adjacent to an activating group) is 1. The molecule has 2 fully saturated rings. The van der Waals surface area contributed by atoms with Gasteiger partial charge in [0.15, 0.2) is 0 Å². The fourth-order valence-electron chi connectivity index (χ4n) is 3.41. The molecule has 2 saturated heterocycles. The number of phenols is 1. The van der Waals surface area contributed by atoms with Gasteiger partial charge in [-0.25, -0.2) is 0 Å². The van der Waals surface area contributed by atoms with Crippen LogP contribution in [0.15, 0.2) is 18.2 Å². The molecule has 4 nitrogen and oxygen atoms in total. The highest BCUT2D eigenvalue weighted by Crippen LogP contribution is 2.24. The summed E-state index contributed by atoms with van der Waals surface area (Å²) in [6.45, 7) is 9.75. The highest BCUT2D eigenvalue weighted by molar-refractivity contribution is 5.39. The van der Waals surface area contributed by atoms with Crippen molar-refractivity contribution in [1.82, 2.24) is 14.7 Å². The Hall–Kier alpha value is -1.10. The van der Waals surface area contributed by atoms with Crippen LogP contribution in [0.5, 0.6) is 5.75 Å². The summed E-state index contributed by atoms with van der Waals surface area (Å²) in [5.74, 6) is 0.468. The summed E-state index contributed by atoms with van der Waals surface area (Å²) in [5, 5.41) is 10.2. The molecule has 0 bridgehead atoms. The number of aryl methyl sites for hydroxylation is 1. The molecule has 1 N–H and O–H groups in total. The van der Waals surface area contributed by atoms with E-state index >= 15 is 0 Å². The molecule has 0 radical (unpaired) electrons. The molecular formula is C16H25N3O. The predicted octanol–water partition coefficient (Wildman–Crippen LogP) is 1.13. The van der Waals surface area contributed by atoms with Crippen LogP contribution in [0.4, 0.5) is 0 Å². The molecule has 0 amide bonds. The van der Waals surface area contributed by atoms with E-state index in [2.05, 4.69) is 21.7 Å². The Bertz CT molecular complexity index is 477. The van der Waals surface area contributed by atoms with Gasteiger partial charge in [0.05, 0.1) is 0 Å². The summed E-state index contributed by atoms with van der Waals surface area (Å²) in [5.41, 5.74) is 2.03. The van der Waals surface area contributed by atoms with Gasteiger partial charge in [0.25, 0.3) is 0 Å². The van der Waals surface area contributed by atoms with Crippen LogP contribution in [-0.2, 0) is 6.54 Å². The second-order valence-electron chi connectivity index (χ2n) is 6.27. The van der Waals surface area contributed by atoms with Gasteiger partial charge >= 0.3 is 0 Å². The van der Waals surface area contributed by atoms with E-state index in [0.717, 1.165) is 43.9 Å². The van der Waals surface area contributed by atoms with Crippen molar-refractivity contribution in [2.75, 3.05) is 46.3 Å². The van der Waals surface area contributed by atoms with Crippen LogP contribution in [0.3, 0.4) is 0 Å². The van der Waals surface area contributed by atoms with E-state index in [-0.39, 0.29) is 0 Å². The van der Waals surface area contributed by atoms with Crippen molar-refractivity contribution in [2.45, 2.75) is 19.5 Å². The maximum atomic E-state index is 10.2. The third kappa shape index (κ3) is 2.82. The largest absolute Gasteiger partial charge is 0.507 e. The normalized spacial score (nSPS) is 25.6. The highest BCUT2D eigenvalue weighted by atomic mass is 16.3. The Morgan fingerprint density at radius 1 is 1.15 bits per heavy atom. The van der Waals surface area contributed by atoms with Crippen molar-refractivity contribution >= 4 is 0 Å². The van der Waals surface area contributed by atoms with Crippen molar-refractivity contribution in [3.05, 3.63) is 29.3 Å². The maximum absolute atomic E-state index is 10.2. The van der Waals surface area contributed by atoms with Gasteiger partial charge in [-0.05, 0) is 19.5 Å². The molecule has 1 aromatic rings. The number of rotatable bonds is 2. The Labute approximate surface area is 121 Å². The van der Waals surface area contributed by atoms with E-state index in [1.54, 1.807) is 0 Å². The first-order valence-corrected chi connectivity index (χ1v) is 7.56. The molecule has 0 spiro atoms. The standard InChI is InChI=1S/C16H25N3O/c1-13-4-3-5-14(16(13)20)10-18-7-9-19-8-6-17(2)11-15(19)12-18/h3-5,15,20H,6-12H2,1-2H3/t15-/m1/s1. The van der Waals surface area contributed by atoms with Gasteiger partial charge in [0.2, 0.25) is 0 Å². The zero-order valence-corrected chi connectivity index (χ0v) is 12.5. The molecule has 4 heteroatoms. The van der Waals surface area contributed by atoms with Crippen molar-refractivity contribution in [3.8, 4) is 5.75 Å². The van der Waals surface area contributed by atoms with E-state index in [1.165, 1.54) is 13.1 Å². The number of hydrogen-bond donors (Lipinski definition) is 1. The maximum Gasteiger partial charge on any atom is 0.122 e. The van der Waals surface area contributed by atoms with Crippen LogP contribution in [0.1, 0.15) is 11.1 Å². The van der Waals surface area contributed by atoms with Crippen LogP contribution >= 0.6 is 0 Å². The molecule has 2 aliphatic rings. The van der Waals surface area contributed by atoms with Crippen LogP contribution in [-0.4, -0.2) is 72.2 Å². The molecule has 20 heavy (non-hydrogen) atoms. The van der Waals surface area contributed by atoms with Crippen LogP contribution in [0.25, 0.3) is 0 Å². The molecule has 3 rings (SSSR count). The Morgan fingerprint density at radius 2 is 1.95 bits per heavy atom. The first kappa shape index (κ1) is 13.9. The number of aromatic hydroxyl groups is 1. The predicted molar refractivity (Wildman–Crippen MR) is 81.0 cm³/mol. The fraction of sp³-hybridized carbons (Fsp3) is 0.625. The molecular weight excluding hydrogens is 250 g/mol. The van der Waals surface area contributed by atoms with Crippen LogP contribution in [0, 0.1) is 6.92 Å². The molecule has 110 valence electrons. The Balaban J connectivity index is 1.65. The molecule has 0 saturated carbocycles. The average molecular weight is 275 g/mol. The first-order chi connectivity index (χ1) is 9.63. The summed E-state index contributed by atoms with van der Waals surface area (Å²) >= 11 is 0. The summed E-state index contributed by atoms with van der Waals surface area (Å²) < 4.78 is 0. The van der Waals surface area contributed by atoms with Gasteiger partial charge in [-0.3, -0.25) is 9.80 Å². The monoisotopic (exact) mass is 275 g/mol. The van der Waals surface area contributed by atoms with Crippen LogP contribution < -0.4 is 0 Å². The summed E-state index contributed by atoms with van der Waals surface area (Å²) in [6, 6.07) is 6.69. The summed E-state index contributed by atoms with van der Waals surface area (Å²) in [4.78, 5) is 7.52. The van der Waals surface area contributed by atoms with Crippen molar-refractivity contribution in [2.24, 2.45) is 0 Å². The van der Waals surface area contributed by atoms with Crippen LogP contribution in [0.2, 0.25) is 0 Å². The second-order valence-corrected chi connectivity index (χ2v) is 6.27. The summed E-state index contributed by atoms with van der Waals surface area (Å²) in [7, 11) is 2.21. The molecule has 2 heterocycles. The average Bonchev–Trinajstić information content (AvgIpc) is 2.43. The number of nitrogens with zero attached hydrogens (tertiary/aromatic N) is 3. The minimum atomic E-state index is 0.468. The van der Waals surface area contributed by atoms with E-state index in [0.29, 0.717) is 11.8 Å². The smallest absolute Gasteiger partial charge is 0.122 e. The molecule has 1 atom stereocenters. The van der Waals surface area contributed by atoms with E-state index in [9.17, 15) is 5.11 Å². The molecule has 2 aliphatic heterocycles. The number of piperazine rings is 2. The van der Waals surface area contributed by atoms with Crippen molar-refractivity contribution in [1.29, 1.82) is 0 Å². The van der Waals surface area contributed by atoms with E-state index < -0.39 is 0 Å². The third-order valence-electron chi connectivity index (χ3n) is 4.70. The quantitative estimate of drug-likeness (QED) is 0.876. The Morgan fingerprint density at radius 3 is 2.80 bits per heavy atom. The lowest BCUT2D eigenvalue weighted by molar-refractivity contribution is 0.0173. The first-order valence-electron chi connectivity index (χ1n) is 7.56. The van der Waals surface area contributed by atoms with Gasteiger partial charge < -0.3 is 10.0 Å². The zero-order valence-electron chi connectivity index (χ0n) is 12.5. The van der Waals surface area contributed by atoms with E-state index in [1.807, 2.05) is 25.1 Å². The van der Waals surface area contributed by atoms with Gasteiger partial charge in [0, 0.05) is 57.4 Å². The lowest BCUT2D eigenvalue weighted by atomic mass is 10.1. The Kier molecular flexibility index (Phi) is 3.96. The van der Waals surface area contributed by atoms with Gasteiger partial charge in [-0.15, -0.1) is 0 Å². The zero-order chi connectivity index (χ0) is 14.1. The fourth-order valence-corrected chi connectivity index (χ4v) is 3.41. The number of para-hydroxylation sites is 1. The lowest BCUT2D eigenvalue weighted by Gasteiger charge is -2.46. The molecule has 0 unspecified atom stereocenters. The van der Waals surface area contributed by atoms with Crippen molar-refractivity contribution in [3.63, 3.8) is 0 Å². The van der Waals surface area contributed by atoms with Gasteiger partial charge in [-0.2, -0.15) is 0 Å². The topological polar surface area (TPSA) is 30.0 Å². The highest BCUT2D eigenvalue weighted by Gasteiger charge is 2.30. The second kappa shape index (κ2) is 5.72. The van der Waals surface area contributed by atoms with Gasteiger partial charge in [0.1, 0.15) is 5.75 Å². The molecule has 0 aromatic heterocycles. The minimum absolute atomic E-state index is 0.468.